The first-order valence-electron chi connectivity index (χ1n) is 11.4. The predicted octanol–water partition coefficient (Wildman–Crippen LogP) is 3.32. The van der Waals surface area contributed by atoms with Crippen molar-refractivity contribution in [2.24, 2.45) is 4.99 Å². The molecule has 38 heavy (non-hydrogen) atoms. The number of pyridine rings is 1. The fourth-order valence-corrected chi connectivity index (χ4v) is 4.21. The Morgan fingerprint density at radius 2 is 1.92 bits per heavy atom. The predicted molar refractivity (Wildman–Crippen MR) is 127 cm³/mol. The summed E-state index contributed by atoms with van der Waals surface area (Å²) in [6.45, 7) is 0. The van der Waals surface area contributed by atoms with Gasteiger partial charge in [-0.2, -0.15) is 28.5 Å². The molecule has 2 aliphatic heterocycles. The number of fused-ring (bicyclic) bond motifs is 1. The van der Waals surface area contributed by atoms with Crippen molar-refractivity contribution in [1.82, 2.24) is 34.7 Å². The Morgan fingerprint density at radius 3 is 2.63 bits per heavy atom. The summed E-state index contributed by atoms with van der Waals surface area (Å²) in [4.78, 5) is 35.2. The van der Waals surface area contributed by atoms with Gasteiger partial charge in [0.1, 0.15) is 17.0 Å². The lowest BCUT2D eigenvalue weighted by atomic mass is 10.1. The van der Waals surface area contributed by atoms with E-state index in [0.29, 0.717) is 17.2 Å². The molecule has 190 valence electrons. The molecule has 0 radical (unpaired) electrons. The molecule has 3 aliphatic rings. The maximum absolute atomic E-state index is 13.8. The van der Waals surface area contributed by atoms with Crippen LogP contribution in [0.25, 0.3) is 11.5 Å². The molecule has 14 heteroatoms. The molecule has 1 aliphatic carbocycles. The standard InChI is InChI=1S/C24H16F3N9O2/c25-24(26,27)18-10-15(11-29-21(18)36-30-7-8-31-36)33-23(38)17-12-32-35(20(17)14-3-4-14)19-2-1-9-34-16(13-37)5-6-28-22(19)34/h1-2,5-12,14H,3-4H2,(H,33,38). The van der Waals surface area contributed by atoms with Gasteiger partial charge in [-0.25, -0.2) is 19.5 Å². The summed E-state index contributed by atoms with van der Waals surface area (Å²) in [5.74, 6) is 1.16. The number of amides is 1. The largest absolute Gasteiger partial charge is 0.420 e. The molecule has 1 fully saturated rings. The normalized spacial score (nSPS) is 16.6. The number of hydrogen-bond acceptors (Lipinski definition) is 8. The first-order chi connectivity index (χ1) is 18.3. The Kier molecular flexibility index (Phi) is 5.39. The summed E-state index contributed by atoms with van der Waals surface area (Å²) in [5, 5.41) is 14.4. The van der Waals surface area contributed by atoms with Gasteiger partial charge in [0.15, 0.2) is 17.6 Å². The average Bonchev–Trinajstić information content (AvgIpc) is 3.41. The molecule has 0 saturated heterocycles. The second kappa shape index (κ2) is 8.78. The number of rotatable bonds is 5. The van der Waals surface area contributed by atoms with Crippen LogP contribution in [0.1, 0.15) is 40.4 Å². The number of amidine groups is 1. The van der Waals surface area contributed by atoms with Crippen LogP contribution in [0.5, 0.6) is 0 Å². The summed E-state index contributed by atoms with van der Waals surface area (Å²) < 4.78 is 42.9. The monoisotopic (exact) mass is 519 g/mol. The van der Waals surface area contributed by atoms with Crippen LogP contribution < -0.4 is 5.32 Å². The summed E-state index contributed by atoms with van der Waals surface area (Å²) in [5.41, 5.74) is 0.338. The first kappa shape index (κ1) is 23.3. The third-order valence-electron chi connectivity index (χ3n) is 6.02. The van der Waals surface area contributed by atoms with Gasteiger partial charge in [0.2, 0.25) is 0 Å². The third-order valence-corrected chi connectivity index (χ3v) is 6.02. The maximum atomic E-state index is 13.8. The summed E-state index contributed by atoms with van der Waals surface area (Å²) in [6, 6.07) is 0.785. The Labute approximate surface area is 212 Å². The van der Waals surface area contributed by atoms with Gasteiger partial charge < -0.3 is 5.32 Å². The summed E-state index contributed by atoms with van der Waals surface area (Å²) >= 11 is 0. The molecule has 1 N–H and O–H groups in total. The van der Waals surface area contributed by atoms with Crippen LogP contribution >= 0.6 is 0 Å². The van der Waals surface area contributed by atoms with Crippen molar-refractivity contribution in [2.45, 2.75) is 24.9 Å². The van der Waals surface area contributed by atoms with E-state index in [2.05, 4.69) is 30.6 Å². The molecule has 0 aromatic carbocycles. The van der Waals surface area contributed by atoms with Crippen molar-refractivity contribution in [3.8, 4) is 5.82 Å². The minimum Gasteiger partial charge on any atom is -0.320 e. The number of carbonyl (C=O) groups excluding carboxylic acids is 2. The molecule has 0 bridgehead atoms. The van der Waals surface area contributed by atoms with E-state index in [1.165, 1.54) is 30.9 Å². The molecule has 3 aromatic heterocycles. The van der Waals surface area contributed by atoms with Crippen molar-refractivity contribution in [3.63, 3.8) is 0 Å². The van der Waals surface area contributed by atoms with E-state index in [9.17, 15) is 22.8 Å². The van der Waals surface area contributed by atoms with E-state index < -0.39 is 23.5 Å². The van der Waals surface area contributed by atoms with E-state index in [1.54, 1.807) is 27.9 Å². The number of nitrogens with zero attached hydrogens (tertiary/aromatic N) is 8. The van der Waals surface area contributed by atoms with Crippen molar-refractivity contribution >= 4 is 29.1 Å². The van der Waals surface area contributed by atoms with Crippen molar-refractivity contribution < 1.29 is 22.8 Å². The van der Waals surface area contributed by atoms with Crippen LogP contribution in [-0.2, 0) is 11.0 Å². The van der Waals surface area contributed by atoms with Crippen LogP contribution in [-0.4, -0.2) is 52.3 Å². The highest BCUT2D eigenvalue weighted by molar-refractivity contribution is 6.20. The maximum Gasteiger partial charge on any atom is 0.420 e. The summed E-state index contributed by atoms with van der Waals surface area (Å²) in [6.07, 6.45) is 9.91. The molecule has 11 nitrogen and oxygen atoms in total. The number of nitrogens with one attached hydrogen (secondary N) is 1. The molecular formula is C24H16F3N9O2. The molecule has 1 amide bonds. The van der Waals surface area contributed by atoms with E-state index >= 15 is 0 Å². The highest BCUT2D eigenvalue weighted by atomic mass is 19.4. The van der Waals surface area contributed by atoms with Gasteiger partial charge in [-0.15, -0.1) is 4.80 Å². The van der Waals surface area contributed by atoms with Crippen LogP contribution in [0.4, 0.5) is 18.9 Å². The Morgan fingerprint density at radius 1 is 1.13 bits per heavy atom. The van der Waals surface area contributed by atoms with Gasteiger partial charge in [-0.1, -0.05) is 0 Å². The fourth-order valence-electron chi connectivity index (χ4n) is 4.21. The lowest BCUT2D eigenvalue weighted by molar-refractivity contribution is -0.137. The topological polar surface area (TPSA) is 123 Å². The molecular weight excluding hydrogens is 503 g/mol. The second-order valence-corrected chi connectivity index (χ2v) is 8.51. The minimum absolute atomic E-state index is 0.0245. The van der Waals surface area contributed by atoms with Gasteiger partial charge >= 0.3 is 6.18 Å². The lowest BCUT2D eigenvalue weighted by Gasteiger charge is -2.27. The van der Waals surface area contributed by atoms with Crippen LogP contribution in [0.2, 0.25) is 0 Å². The summed E-state index contributed by atoms with van der Waals surface area (Å²) in [7, 11) is 0. The van der Waals surface area contributed by atoms with Crippen molar-refractivity contribution in [3.05, 3.63) is 84.0 Å². The van der Waals surface area contributed by atoms with Crippen LogP contribution in [0.3, 0.4) is 0 Å². The zero-order chi connectivity index (χ0) is 26.4. The molecule has 0 spiro atoms. The second-order valence-electron chi connectivity index (χ2n) is 8.51. The number of anilines is 1. The van der Waals surface area contributed by atoms with E-state index in [4.69, 9.17) is 0 Å². The highest BCUT2D eigenvalue weighted by Gasteiger charge is 2.37. The molecule has 3 aromatic rings. The highest BCUT2D eigenvalue weighted by Crippen LogP contribution is 2.43. The van der Waals surface area contributed by atoms with Gasteiger partial charge in [0, 0.05) is 18.3 Å². The average molecular weight is 519 g/mol. The Bertz CT molecular complexity index is 1620. The fraction of sp³-hybridized carbons (Fsp3) is 0.167. The first-order valence-corrected chi connectivity index (χ1v) is 11.4. The van der Waals surface area contributed by atoms with Gasteiger partial charge in [-0.05, 0) is 37.1 Å². The Hall–Kier alpha value is -5.10. The SMILES string of the molecule is O=C=C1C=CN=C2C(n3ncc(C(=O)Nc4cnc(-n5nccn5)c(C(F)(F)F)c4)c3C3CC3)=CC=CN12. The zero-order valence-corrected chi connectivity index (χ0v) is 19.3. The number of alkyl halides is 3. The smallest absolute Gasteiger partial charge is 0.320 e. The van der Waals surface area contributed by atoms with Gasteiger partial charge in [0.05, 0.1) is 41.7 Å². The third kappa shape index (κ3) is 4.02. The zero-order valence-electron chi connectivity index (χ0n) is 19.3. The number of allylic oxidation sites excluding steroid dienone is 3. The number of aliphatic imine (C=N–C) groups is 1. The molecule has 1 saturated carbocycles. The molecule has 0 unspecified atom stereocenters. The van der Waals surface area contributed by atoms with Crippen molar-refractivity contribution in [2.75, 3.05) is 5.32 Å². The van der Waals surface area contributed by atoms with Gasteiger partial charge in [0.25, 0.3) is 5.91 Å². The molecule has 0 atom stereocenters. The number of aromatic nitrogens is 6. The minimum atomic E-state index is -4.77. The number of carbonyl (C=O) groups is 1. The molecule has 5 heterocycles. The van der Waals surface area contributed by atoms with E-state index in [1.807, 2.05) is 5.94 Å². The molecule has 6 rings (SSSR count). The Balaban J connectivity index is 1.34. The number of halogens is 3. The van der Waals surface area contributed by atoms with Crippen LogP contribution in [0.15, 0.2) is 72.2 Å². The van der Waals surface area contributed by atoms with Gasteiger partial charge in [-0.3, -0.25) is 9.69 Å². The number of hydrogen-bond donors (Lipinski definition) is 1. The van der Waals surface area contributed by atoms with Crippen LogP contribution in [0, 0.1) is 0 Å². The van der Waals surface area contributed by atoms with Crippen molar-refractivity contribution in [1.29, 1.82) is 0 Å². The van der Waals surface area contributed by atoms with E-state index in [-0.39, 0.29) is 22.9 Å². The van der Waals surface area contributed by atoms with E-state index in [0.717, 1.165) is 29.9 Å². The quantitative estimate of drug-likeness (QED) is 0.513. The lowest BCUT2D eigenvalue weighted by Crippen LogP contribution is -2.32.